The molecular weight excluding hydrogens is 284 g/mol. The summed E-state index contributed by atoms with van der Waals surface area (Å²) in [5, 5.41) is 23.6. The minimum absolute atomic E-state index is 0.0439. The summed E-state index contributed by atoms with van der Waals surface area (Å²) in [6.45, 7) is 0.130. The van der Waals surface area contributed by atoms with Crippen molar-refractivity contribution in [2.75, 3.05) is 6.54 Å². The Bertz CT molecular complexity index is 541. The molecule has 2 rings (SSSR count). The van der Waals surface area contributed by atoms with Crippen LogP contribution in [0.4, 0.5) is 5.69 Å². The number of hydrogen-bond donors (Lipinski definition) is 2. The van der Waals surface area contributed by atoms with E-state index < -0.39 is 16.4 Å². The Hall–Kier alpha value is -1.66. The number of amides is 1. The van der Waals surface area contributed by atoms with E-state index in [2.05, 4.69) is 5.32 Å². The molecule has 0 spiro atoms. The van der Waals surface area contributed by atoms with Gasteiger partial charge in [0.05, 0.1) is 21.1 Å². The Kier molecular flexibility index (Phi) is 4.25. The van der Waals surface area contributed by atoms with Gasteiger partial charge in [-0.15, -0.1) is 0 Å². The summed E-state index contributed by atoms with van der Waals surface area (Å²) >= 11 is 5.88. The summed E-state index contributed by atoms with van der Waals surface area (Å²) in [6.07, 6.45) is 3.17. The fourth-order valence-electron chi connectivity index (χ4n) is 2.35. The van der Waals surface area contributed by atoms with E-state index in [1.54, 1.807) is 0 Å². The third-order valence-electron chi connectivity index (χ3n) is 3.52. The van der Waals surface area contributed by atoms with E-state index in [1.165, 1.54) is 12.1 Å². The highest BCUT2D eigenvalue weighted by molar-refractivity contribution is 6.33. The zero-order valence-electron chi connectivity index (χ0n) is 10.8. The van der Waals surface area contributed by atoms with Gasteiger partial charge in [-0.2, -0.15) is 0 Å². The molecule has 20 heavy (non-hydrogen) atoms. The van der Waals surface area contributed by atoms with E-state index >= 15 is 0 Å². The van der Waals surface area contributed by atoms with Gasteiger partial charge in [-0.3, -0.25) is 14.9 Å². The molecule has 0 aliphatic heterocycles. The number of nitrogens with zero attached hydrogens (tertiary/aromatic N) is 1. The first-order chi connectivity index (χ1) is 9.41. The molecule has 0 atom stereocenters. The zero-order chi connectivity index (χ0) is 14.8. The Morgan fingerprint density at radius 3 is 2.70 bits per heavy atom. The molecule has 0 aromatic heterocycles. The predicted molar refractivity (Wildman–Crippen MR) is 73.9 cm³/mol. The van der Waals surface area contributed by atoms with Crippen LogP contribution in [0.3, 0.4) is 0 Å². The van der Waals surface area contributed by atoms with Crippen molar-refractivity contribution in [2.24, 2.45) is 0 Å². The van der Waals surface area contributed by atoms with Gasteiger partial charge in [-0.05, 0) is 18.9 Å². The van der Waals surface area contributed by atoms with Crippen molar-refractivity contribution in [1.82, 2.24) is 5.32 Å². The van der Waals surface area contributed by atoms with Gasteiger partial charge in [-0.25, -0.2) is 0 Å². The number of nitro groups is 1. The molecule has 108 valence electrons. The first-order valence-electron chi connectivity index (χ1n) is 6.36. The Morgan fingerprint density at radius 2 is 2.10 bits per heavy atom. The van der Waals surface area contributed by atoms with E-state index in [9.17, 15) is 20.0 Å². The SMILES string of the molecule is O=C(NCC1(O)CCCC1)c1cc([N+](=O)[O-])ccc1Cl. The van der Waals surface area contributed by atoms with Gasteiger partial charge in [0.15, 0.2) is 0 Å². The summed E-state index contributed by atoms with van der Waals surface area (Å²) in [5.74, 6) is -0.515. The fourth-order valence-corrected chi connectivity index (χ4v) is 2.55. The molecule has 0 bridgehead atoms. The monoisotopic (exact) mass is 298 g/mol. The molecule has 1 aliphatic carbocycles. The summed E-state index contributed by atoms with van der Waals surface area (Å²) in [5.41, 5.74) is -1.02. The highest BCUT2D eigenvalue weighted by atomic mass is 35.5. The molecule has 1 aromatic rings. The van der Waals surface area contributed by atoms with Crippen molar-refractivity contribution in [2.45, 2.75) is 31.3 Å². The van der Waals surface area contributed by atoms with Crippen LogP contribution in [0.15, 0.2) is 18.2 Å². The molecule has 0 unspecified atom stereocenters. The smallest absolute Gasteiger partial charge is 0.270 e. The highest BCUT2D eigenvalue weighted by Crippen LogP contribution is 2.29. The van der Waals surface area contributed by atoms with Crippen molar-refractivity contribution >= 4 is 23.2 Å². The zero-order valence-corrected chi connectivity index (χ0v) is 11.5. The van der Waals surface area contributed by atoms with E-state index in [0.717, 1.165) is 18.9 Å². The third-order valence-corrected chi connectivity index (χ3v) is 3.85. The standard InChI is InChI=1S/C13H15ClN2O4/c14-11-4-3-9(16(19)20)7-10(11)12(17)15-8-13(18)5-1-2-6-13/h3-4,7,18H,1-2,5-6,8H2,(H,15,17). The Morgan fingerprint density at radius 1 is 1.45 bits per heavy atom. The van der Waals surface area contributed by atoms with Crippen LogP contribution in [0.2, 0.25) is 5.02 Å². The van der Waals surface area contributed by atoms with Gasteiger partial charge < -0.3 is 10.4 Å². The molecular formula is C13H15ClN2O4. The van der Waals surface area contributed by atoms with Crippen LogP contribution < -0.4 is 5.32 Å². The summed E-state index contributed by atoms with van der Waals surface area (Å²) < 4.78 is 0. The number of rotatable bonds is 4. The molecule has 7 heteroatoms. The third kappa shape index (κ3) is 3.26. The largest absolute Gasteiger partial charge is 0.388 e. The molecule has 1 saturated carbocycles. The summed E-state index contributed by atoms with van der Waals surface area (Å²) in [4.78, 5) is 22.1. The number of nitrogens with one attached hydrogen (secondary N) is 1. The maximum Gasteiger partial charge on any atom is 0.270 e. The minimum atomic E-state index is -0.872. The normalized spacial score (nSPS) is 16.9. The average Bonchev–Trinajstić information content (AvgIpc) is 2.84. The number of non-ortho nitro benzene ring substituents is 1. The van der Waals surface area contributed by atoms with Gasteiger partial charge in [-0.1, -0.05) is 24.4 Å². The maximum absolute atomic E-state index is 12.0. The van der Waals surface area contributed by atoms with Crippen LogP contribution in [0, 0.1) is 10.1 Å². The number of halogens is 1. The second kappa shape index (κ2) is 5.76. The minimum Gasteiger partial charge on any atom is -0.388 e. The van der Waals surface area contributed by atoms with Gasteiger partial charge >= 0.3 is 0 Å². The van der Waals surface area contributed by atoms with Crippen LogP contribution >= 0.6 is 11.6 Å². The quantitative estimate of drug-likeness (QED) is 0.659. The second-order valence-electron chi connectivity index (χ2n) is 5.04. The average molecular weight is 299 g/mol. The fraction of sp³-hybridized carbons (Fsp3) is 0.462. The Balaban J connectivity index is 2.08. The van der Waals surface area contributed by atoms with Crippen LogP contribution in [-0.4, -0.2) is 28.1 Å². The summed E-state index contributed by atoms with van der Waals surface area (Å²) in [6, 6.07) is 3.69. The molecule has 2 N–H and O–H groups in total. The molecule has 6 nitrogen and oxygen atoms in total. The molecule has 1 aliphatic rings. The van der Waals surface area contributed by atoms with Crippen LogP contribution in [-0.2, 0) is 0 Å². The van der Waals surface area contributed by atoms with Gasteiger partial charge in [0.25, 0.3) is 11.6 Å². The topological polar surface area (TPSA) is 92.5 Å². The highest BCUT2D eigenvalue weighted by Gasteiger charge is 2.31. The maximum atomic E-state index is 12.0. The number of aliphatic hydroxyl groups is 1. The number of carbonyl (C=O) groups excluding carboxylic acids is 1. The lowest BCUT2D eigenvalue weighted by Crippen LogP contribution is -2.40. The molecule has 0 radical (unpaired) electrons. The second-order valence-corrected chi connectivity index (χ2v) is 5.44. The van der Waals surface area contributed by atoms with Crippen molar-refractivity contribution in [3.8, 4) is 0 Å². The van der Waals surface area contributed by atoms with E-state index in [-0.39, 0.29) is 22.8 Å². The summed E-state index contributed by atoms with van der Waals surface area (Å²) in [7, 11) is 0. The van der Waals surface area contributed by atoms with Crippen LogP contribution in [0.25, 0.3) is 0 Å². The number of carbonyl (C=O) groups is 1. The lowest BCUT2D eigenvalue weighted by molar-refractivity contribution is -0.384. The first kappa shape index (κ1) is 14.7. The first-order valence-corrected chi connectivity index (χ1v) is 6.74. The van der Waals surface area contributed by atoms with Crippen molar-refractivity contribution in [1.29, 1.82) is 0 Å². The molecule has 1 fully saturated rings. The van der Waals surface area contributed by atoms with Crippen molar-refractivity contribution in [3.05, 3.63) is 38.9 Å². The molecule has 0 saturated heterocycles. The number of hydrogen-bond acceptors (Lipinski definition) is 4. The lowest BCUT2D eigenvalue weighted by atomic mass is 10.0. The van der Waals surface area contributed by atoms with Crippen LogP contribution in [0.1, 0.15) is 36.0 Å². The van der Waals surface area contributed by atoms with Crippen molar-refractivity contribution in [3.63, 3.8) is 0 Å². The van der Waals surface area contributed by atoms with Crippen LogP contribution in [0.5, 0.6) is 0 Å². The van der Waals surface area contributed by atoms with Gasteiger partial charge in [0, 0.05) is 18.7 Å². The van der Waals surface area contributed by atoms with E-state index in [4.69, 9.17) is 11.6 Å². The number of benzene rings is 1. The molecule has 0 heterocycles. The molecule has 1 aromatic carbocycles. The van der Waals surface area contributed by atoms with E-state index in [1.807, 2.05) is 0 Å². The lowest BCUT2D eigenvalue weighted by Gasteiger charge is -2.22. The van der Waals surface area contributed by atoms with Gasteiger partial charge in [0.1, 0.15) is 0 Å². The molecule has 1 amide bonds. The Labute approximate surface area is 120 Å². The van der Waals surface area contributed by atoms with Gasteiger partial charge in [0.2, 0.25) is 0 Å². The van der Waals surface area contributed by atoms with E-state index in [0.29, 0.717) is 12.8 Å². The number of nitro benzene ring substituents is 1. The predicted octanol–water partition coefficient (Wildman–Crippen LogP) is 2.28. The van der Waals surface area contributed by atoms with Crippen molar-refractivity contribution < 1.29 is 14.8 Å².